The van der Waals surface area contributed by atoms with Crippen LogP contribution in [-0.4, -0.2) is 51.8 Å². The third kappa shape index (κ3) is 4.73. The van der Waals surface area contributed by atoms with Crippen LogP contribution in [0.4, 0.5) is 0 Å². The number of sulfonamides is 1. The van der Waals surface area contributed by atoms with Crippen LogP contribution in [0.15, 0.2) is 41.3 Å². The minimum atomic E-state index is -3.77. The Labute approximate surface area is 169 Å². The SMILES string of the molecule is COc1ccc(C(=O)N(C)Cc2ccc(Cl)cc2Cl)cc1S(=O)(=O)N(C)C. The van der Waals surface area contributed by atoms with Gasteiger partial charge in [0.25, 0.3) is 5.91 Å². The van der Waals surface area contributed by atoms with Crippen molar-refractivity contribution in [2.24, 2.45) is 0 Å². The first-order valence-corrected chi connectivity index (χ1v) is 10.1. The molecule has 6 nitrogen and oxygen atoms in total. The summed E-state index contributed by atoms with van der Waals surface area (Å²) in [6.07, 6.45) is 0. The van der Waals surface area contributed by atoms with Crippen molar-refractivity contribution in [1.82, 2.24) is 9.21 Å². The topological polar surface area (TPSA) is 66.9 Å². The summed E-state index contributed by atoms with van der Waals surface area (Å²) in [6, 6.07) is 9.34. The summed E-state index contributed by atoms with van der Waals surface area (Å²) in [7, 11) is 2.04. The average Bonchev–Trinajstić information content (AvgIpc) is 2.62. The van der Waals surface area contributed by atoms with Crippen molar-refractivity contribution < 1.29 is 17.9 Å². The number of rotatable bonds is 6. The summed E-state index contributed by atoms with van der Waals surface area (Å²) in [4.78, 5) is 14.2. The Morgan fingerprint density at radius 1 is 1.07 bits per heavy atom. The van der Waals surface area contributed by atoms with Gasteiger partial charge in [-0.3, -0.25) is 4.79 Å². The molecule has 146 valence electrons. The molecule has 2 rings (SSSR count). The fraction of sp³-hybridized carbons (Fsp3) is 0.278. The molecule has 0 spiro atoms. The first-order valence-electron chi connectivity index (χ1n) is 7.88. The molecule has 0 N–H and O–H groups in total. The zero-order valence-corrected chi connectivity index (χ0v) is 17.7. The molecule has 2 aromatic rings. The number of halogens is 2. The minimum Gasteiger partial charge on any atom is -0.495 e. The maximum absolute atomic E-state index is 12.8. The van der Waals surface area contributed by atoms with Crippen molar-refractivity contribution in [2.45, 2.75) is 11.4 Å². The van der Waals surface area contributed by atoms with E-state index >= 15 is 0 Å². The van der Waals surface area contributed by atoms with Gasteiger partial charge >= 0.3 is 0 Å². The van der Waals surface area contributed by atoms with Gasteiger partial charge in [0.05, 0.1) is 7.11 Å². The largest absolute Gasteiger partial charge is 0.495 e. The maximum Gasteiger partial charge on any atom is 0.253 e. The normalized spacial score (nSPS) is 11.5. The summed E-state index contributed by atoms with van der Waals surface area (Å²) in [5.74, 6) is -0.178. The summed E-state index contributed by atoms with van der Waals surface area (Å²) >= 11 is 12.0. The molecule has 0 fully saturated rings. The van der Waals surface area contributed by atoms with Gasteiger partial charge < -0.3 is 9.64 Å². The summed E-state index contributed by atoms with van der Waals surface area (Å²) in [5.41, 5.74) is 0.954. The Balaban J connectivity index is 2.35. The van der Waals surface area contributed by atoms with E-state index in [0.29, 0.717) is 10.0 Å². The number of carbonyl (C=O) groups is 1. The van der Waals surface area contributed by atoms with Gasteiger partial charge in [-0.05, 0) is 35.9 Å². The highest BCUT2D eigenvalue weighted by molar-refractivity contribution is 7.89. The van der Waals surface area contributed by atoms with Crippen LogP contribution in [0.3, 0.4) is 0 Å². The van der Waals surface area contributed by atoms with Crippen LogP contribution in [0.2, 0.25) is 10.0 Å². The fourth-order valence-corrected chi connectivity index (χ4v) is 3.95. The van der Waals surface area contributed by atoms with Crippen LogP contribution >= 0.6 is 23.2 Å². The highest BCUT2D eigenvalue weighted by atomic mass is 35.5. The van der Waals surface area contributed by atoms with Crippen molar-refractivity contribution in [3.8, 4) is 5.75 Å². The third-order valence-electron chi connectivity index (χ3n) is 3.94. The van der Waals surface area contributed by atoms with E-state index < -0.39 is 10.0 Å². The van der Waals surface area contributed by atoms with E-state index in [9.17, 15) is 13.2 Å². The van der Waals surface area contributed by atoms with E-state index in [1.807, 2.05) is 0 Å². The number of hydrogen-bond acceptors (Lipinski definition) is 4. The molecule has 0 saturated heterocycles. The van der Waals surface area contributed by atoms with E-state index in [-0.39, 0.29) is 28.7 Å². The number of hydrogen-bond donors (Lipinski definition) is 0. The molecular weight excluding hydrogens is 411 g/mol. The lowest BCUT2D eigenvalue weighted by Crippen LogP contribution is -2.27. The zero-order chi connectivity index (χ0) is 20.4. The van der Waals surface area contributed by atoms with Gasteiger partial charge in [-0.2, -0.15) is 0 Å². The number of methoxy groups -OCH3 is 1. The smallest absolute Gasteiger partial charge is 0.253 e. The summed E-state index contributed by atoms with van der Waals surface area (Å²) in [6.45, 7) is 0.247. The number of amides is 1. The molecule has 27 heavy (non-hydrogen) atoms. The standard InChI is InChI=1S/C18H20Cl2N2O4S/c1-21(2)27(24,25)17-9-12(6-8-16(17)26-4)18(23)22(3)11-13-5-7-14(19)10-15(13)20/h5-10H,11H2,1-4H3. The van der Waals surface area contributed by atoms with Gasteiger partial charge in [-0.1, -0.05) is 29.3 Å². The lowest BCUT2D eigenvalue weighted by atomic mass is 10.1. The van der Waals surface area contributed by atoms with E-state index in [1.165, 1.54) is 44.3 Å². The number of ether oxygens (including phenoxy) is 1. The van der Waals surface area contributed by atoms with Crippen LogP contribution in [0, 0.1) is 0 Å². The average molecular weight is 431 g/mol. The molecule has 0 aromatic heterocycles. The molecule has 0 aliphatic heterocycles. The second-order valence-electron chi connectivity index (χ2n) is 6.05. The van der Waals surface area contributed by atoms with Crippen LogP contribution < -0.4 is 4.74 Å². The molecule has 0 aliphatic carbocycles. The first kappa shape index (κ1) is 21.5. The summed E-state index contributed by atoms with van der Waals surface area (Å²) in [5, 5.41) is 0.958. The Bertz CT molecular complexity index is 962. The minimum absolute atomic E-state index is 0.0706. The second-order valence-corrected chi connectivity index (χ2v) is 9.01. The highest BCUT2D eigenvalue weighted by Gasteiger charge is 2.24. The van der Waals surface area contributed by atoms with Crippen molar-refractivity contribution in [3.63, 3.8) is 0 Å². The van der Waals surface area contributed by atoms with Crippen molar-refractivity contribution >= 4 is 39.1 Å². The van der Waals surface area contributed by atoms with Crippen LogP contribution in [0.5, 0.6) is 5.75 Å². The van der Waals surface area contributed by atoms with Gasteiger partial charge in [-0.25, -0.2) is 12.7 Å². The zero-order valence-electron chi connectivity index (χ0n) is 15.4. The quantitative estimate of drug-likeness (QED) is 0.702. The second kappa shape index (κ2) is 8.48. The monoisotopic (exact) mass is 430 g/mol. The Morgan fingerprint density at radius 3 is 2.30 bits per heavy atom. The van der Waals surface area contributed by atoms with E-state index in [0.717, 1.165) is 9.87 Å². The third-order valence-corrected chi connectivity index (χ3v) is 6.36. The number of benzene rings is 2. The molecule has 0 heterocycles. The van der Waals surface area contributed by atoms with E-state index in [4.69, 9.17) is 27.9 Å². The van der Waals surface area contributed by atoms with Gasteiger partial charge in [0.2, 0.25) is 10.0 Å². The van der Waals surface area contributed by atoms with Crippen LogP contribution in [0.25, 0.3) is 0 Å². The van der Waals surface area contributed by atoms with Crippen molar-refractivity contribution in [3.05, 3.63) is 57.6 Å². The molecule has 1 amide bonds. The Hall–Kier alpha value is -1.80. The van der Waals surface area contributed by atoms with Crippen molar-refractivity contribution in [2.75, 3.05) is 28.3 Å². The van der Waals surface area contributed by atoms with Gasteiger partial charge in [0.15, 0.2) is 0 Å². The molecule has 2 aromatic carbocycles. The van der Waals surface area contributed by atoms with Gasteiger partial charge in [0, 0.05) is 43.3 Å². The van der Waals surface area contributed by atoms with E-state index in [1.54, 1.807) is 25.2 Å². The fourth-order valence-electron chi connectivity index (χ4n) is 2.41. The highest BCUT2D eigenvalue weighted by Crippen LogP contribution is 2.28. The van der Waals surface area contributed by atoms with Crippen molar-refractivity contribution in [1.29, 1.82) is 0 Å². The predicted molar refractivity (Wildman–Crippen MR) is 106 cm³/mol. The molecule has 0 radical (unpaired) electrons. The first-order chi connectivity index (χ1) is 12.6. The van der Waals surface area contributed by atoms with Gasteiger partial charge in [0.1, 0.15) is 10.6 Å². The predicted octanol–water partition coefficient (Wildman–Crippen LogP) is 3.52. The van der Waals surface area contributed by atoms with E-state index in [2.05, 4.69) is 0 Å². The Kier molecular flexibility index (Phi) is 6.75. The van der Waals surface area contributed by atoms with Crippen LogP contribution in [0.1, 0.15) is 15.9 Å². The Morgan fingerprint density at radius 2 is 1.74 bits per heavy atom. The lowest BCUT2D eigenvalue weighted by molar-refractivity contribution is 0.0785. The van der Waals surface area contributed by atoms with Gasteiger partial charge in [-0.15, -0.1) is 0 Å². The molecule has 9 heteroatoms. The van der Waals surface area contributed by atoms with Crippen LogP contribution in [-0.2, 0) is 16.6 Å². The summed E-state index contributed by atoms with van der Waals surface area (Å²) < 4.78 is 31.2. The lowest BCUT2D eigenvalue weighted by Gasteiger charge is -2.20. The molecule has 0 unspecified atom stereocenters. The molecule has 0 aliphatic rings. The molecule has 0 atom stereocenters. The molecule has 0 bridgehead atoms. The number of carbonyl (C=O) groups excluding carboxylic acids is 1. The molecular formula is C18H20Cl2N2O4S. The molecule has 0 saturated carbocycles. The maximum atomic E-state index is 12.8. The number of nitrogens with zero attached hydrogens (tertiary/aromatic N) is 2.